The van der Waals surface area contributed by atoms with Crippen LogP contribution in [0.2, 0.25) is 0 Å². The highest BCUT2D eigenvalue weighted by Gasteiger charge is 2.08. The molecule has 0 heterocycles. The summed E-state index contributed by atoms with van der Waals surface area (Å²) in [5, 5.41) is 0. The molecule has 5 heteroatoms. The lowest BCUT2D eigenvalue weighted by atomic mass is 10.1. The summed E-state index contributed by atoms with van der Waals surface area (Å²) in [5.74, 6) is 0.204. The average Bonchev–Trinajstić information content (AvgIpc) is 2.85. The molecule has 0 aliphatic carbocycles. The van der Waals surface area contributed by atoms with E-state index in [1.54, 1.807) is 24.3 Å². The molecule has 0 aromatic heterocycles. The van der Waals surface area contributed by atoms with E-state index in [-0.39, 0.29) is 11.8 Å². The van der Waals surface area contributed by atoms with Gasteiger partial charge in [-0.25, -0.2) is 0 Å². The van der Waals surface area contributed by atoms with E-state index >= 15 is 0 Å². The fraction of sp³-hybridized carbons (Fsp3) is 0.500. The van der Waals surface area contributed by atoms with E-state index in [0.29, 0.717) is 24.3 Å². The Morgan fingerprint density at radius 1 is 0.697 bits per heavy atom. The third-order valence-electron chi connectivity index (χ3n) is 5.69. The second kappa shape index (κ2) is 16.8. The van der Waals surface area contributed by atoms with Crippen LogP contribution in [0, 0.1) is 0 Å². The standard InChI is InChI=1S/C28H40N2O3/c1-2-3-4-5-6-7-8-9-10-11-15-18-27(31)29-30-28(32)25-19-21-26(22-20-25)33-23-24-16-13-12-14-17-24/h12-14,16-17,19-22H,2-11,15,18,23H2,1H3,(H,29,31)(H,30,32). The van der Waals surface area contributed by atoms with Gasteiger partial charge >= 0.3 is 0 Å². The number of nitrogens with one attached hydrogen (secondary N) is 2. The molecule has 0 saturated heterocycles. The number of carbonyl (C=O) groups is 2. The van der Waals surface area contributed by atoms with E-state index in [1.807, 2.05) is 30.3 Å². The SMILES string of the molecule is CCCCCCCCCCCCCC(=O)NNC(=O)c1ccc(OCc2ccccc2)cc1. The molecule has 0 atom stereocenters. The van der Waals surface area contributed by atoms with Crippen molar-refractivity contribution in [2.24, 2.45) is 0 Å². The minimum absolute atomic E-state index is 0.151. The zero-order valence-corrected chi connectivity index (χ0v) is 20.1. The van der Waals surface area contributed by atoms with Gasteiger partial charge in [0.05, 0.1) is 0 Å². The van der Waals surface area contributed by atoms with Gasteiger partial charge in [0.25, 0.3) is 5.91 Å². The fourth-order valence-electron chi connectivity index (χ4n) is 3.65. The Hall–Kier alpha value is -2.82. The van der Waals surface area contributed by atoms with Gasteiger partial charge in [-0.1, -0.05) is 101 Å². The summed E-state index contributed by atoms with van der Waals surface area (Å²) in [6.45, 7) is 2.72. The van der Waals surface area contributed by atoms with Crippen LogP contribution in [0.15, 0.2) is 54.6 Å². The molecule has 5 nitrogen and oxygen atoms in total. The summed E-state index contributed by atoms with van der Waals surface area (Å²) < 4.78 is 5.73. The lowest BCUT2D eigenvalue weighted by molar-refractivity contribution is -0.122. The molecule has 2 aromatic rings. The maximum Gasteiger partial charge on any atom is 0.269 e. The van der Waals surface area contributed by atoms with Crippen molar-refractivity contribution < 1.29 is 14.3 Å². The summed E-state index contributed by atoms with van der Waals surface area (Å²) in [5.41, 5.74) is 6.55. The maximum atomic E-state index is 12.2. The van der Waals surface area contributed by atoms with E-state index in [0.717, 1.165) is 18.4 Å². The Kier molecular flexibility index (Phi) is 13.4. The molecule has 2 rings (SSSR count). The van der Waals surface area contributed by atoms with Crippen LogP contribution >= 0.6 is 0 Å². The zero-order valence-electron chi connectivity index (χ0n) is 20.1. The molecule has 0 saturated carbocycles. The zero-order chi connectivity index (χ0) is 23.6. The van der Waals surface area contributed by atoms with Gasteiger partial charge < -0.3 is 4.74 Å². The summed E-state index contributed by atoms with van der Waals surface area (Å²) in [6, 6.07) is 16.8. The van der Waals surface area contributed by atoms with Gasteiger partial charge in [0.15, 0.2) is 0 Å². The van der Waals surface area contributed by atoms with E-state index in [4.69, 9.17) is 4.74 Å². The Bertz CT molecular complexity index is 791. The number of rotatable bonds is 16. The van der Waals surface area contributed by atoms with Crippen molar-refractivity contribution in [3.8, 4) is 5.75 Å². The Morgan fingerprint density at radius 2 is 1.27 bits per heavy atom. The molecule has 0 unspecified atom stereocenters. The van der Waals surface area contributed by atoms with E-state index in [1.165, 1.54) is 57.8 Å². The molecule has 180 valence electrons. The molecule has 2 amide bonds. The molecule has 0 bridgehead atoms. The summed E-state index contributed by atoms with van der Waals surface area (Å²) in [4.78, 5) is 24.2. The lowest BCUT2D eigenvalue weighted by Crippen LogP contribution is -2.41. The molecule has 0 radical (unpaired) electrons. The van der Waals surface area contributed by atoms with Crippen LogP contribution in [0.3, 0.4) is 0 Å². The van der Waals surface area contributed by atoms with Gasteiger partial charge in [-0.05, 0) is 36.2 Å². The predicted octanol–water partition coefficient (Wildman–Crippen LogP) is 6.73. The van der Waals surface area contributed by atoms with Gasteiger partial charge in [0.2, 0.25) is 5.91 Å². The molecule has 0 aliphatic heterocycles. The van der Waals surface area contributed by atoms with Crippen LogP contribution in [-0.4, -0.2) is 11.8 Å². The quantitative estimate of drug-likeness (QED) is 0.219. The van der Waals surface area contributed by atoms with Gasteiger partial charge in [-0.2, -0.15) is 0 Å². The van der Waals surface area contributed by atoms with Gasteiger partial charge in [-0.15, -0.1) is 0 Å². The molecule has 0 fully saturated rings. The molecular weight excluding hydrogens is 412 g/mol. The molecule has 0 aliphatic rings. The largest absolute Gasteiger partial charge is 0.489 e. The van der Waals surface area contributed by atoms with Crippen molar-refractivity contribution >= 4 is 11.8 Å². The van der Waals surface area contributed by atoms with Crippen molar-refractivity contribution in [2.75, 3.05) is 0 Å². The summed E-state index contributed by atoms with van der Waals surface area (Å²) in [7, 11) is 0. The maximum absolute atomic E-state index is 12.2. The second-order valence-corrected chi connectivity index (χ2v) is 8.59. The number of carbonyl (C=O) groups excluding carboxylic acids is 2. The number of hydrazine groups is 1. The van der Waals surface area contributed by atoms with Crippen LogP contribution in [0.1, 0.15) is 99.9 Å². The van der Waals surface area contributed by atoms with Gasteiger partial charge in [-0.3, -0.25) is 20.4 Å². The van der Waals surface area contributed by atoms with Crippen LogP contribution in [-0.2, 0) is 11.4 Å². The van der Waals surface area contributed by atoms with Crippen molar-refractivity contribution in [1.29, 1.82) is 0 Å². The van der Waals surface area contributed by atoms with Crippen LogP contribution in [0.4, 0.5) is 0 Å². The first-order chi connectivity index (χ1) is 16.2. The number of hydrogen-bond acceptors (Lipinski definition) is 3. The van der Waals surface area contributed by atoms with Crippen molar-refractivity contribution in [3.05, 3.63) is 65.7 Å². The fourth-order valence-corrected chi connectivity index (χ4v) is 3.65. The lowest BCUT2D eigenvalue weighted by Gasteiger charge is -2.09. The highest BCUT2D eigenvalue weighted by Crippen LogP contribution is 2.14. The number of hydrogen-bond donors (Lipinski definition) is 2. The Labute approximate surface area is 199 Å². The van der Waals surface area contributed by atoms with Crippen molar-refractivity contribution in [2.45, 2.75) is 90.6 Å². The van der Waals surface area contributed by atoms with Crippen LogP contribution in [0.5, 0.6) is 5.75 Å². The molecule has 2 N–H and O–H groups in total. The first kappa shape index (κ1) is 26.4. The van der Waals surface area contributed by atoms with E-state index in [9.17, 15) is 9.59 Å². The van der Waals surface area contributed by atoms with Crippen LogP contribution in [0.25, 0.3) is 0 Å². The van der Waals surface area contributed by atoms with E-state index in [2.05, 4.69) is 17.8 Å². The number of ether oxygens (including phenoxy) is 1. The summed E-state index contributed by atoms with van der Waals surface area (Å²) >= 11 is 0. The first-order valence-electron chi connectivity index (χ1n) is 12.5. The number of amides is 2. The normalized spacial score (nSPS) is 10.6. The van der Waals surface area contributed by atoms with E-state index < -0.39 is 0 Å². The smallest absolute Gasteiger partial charge is 0.269 e. The van der Waals surface area contributed by atoms with Gasteiger partial charge in [0, 0.05) is 12.0 Å². The minimum atomic E-state index is -0.336. The van der Waals surface area contributed by atoms with Gasteiger partial charge in [0.1, 0.15) is 12.4 Å². The molecule has 33 heavy (non-hydrogen) atoms. The molecular formula is C28H40N2O3. The van der Waals surface area contributed by atoms with Crippen molar-refractivity contribution in [1.82, 2.24) is 10.9 Å². The summed E-state index contributed by atoms with van der Waals surface area (Å²) in [6.07, 6.45) is 14.1. The monoisotopic (exact) mass is 452 g/mol. The predicted molar refractivity (Wildman–Crippen MR) is 134 cm³/mol. The third-order valence-corrected chi connectivity index (χ3v) is 5.69. The van der Waals surface area contributed by atoms with Crippen LogP contribution < -0.4 is 15.6 Å². The second-order valence-electron chi connectivity index (χ2n) is 8.59. The minimum Gasteiger partial charge on any atom is -0.489 e. The average molecular weight is 453 g/mol. The molecule has 0 spiro atoms. The highest BCUT2D eigenvalue weighted by molar-refractivity contribution is 5.95. The highest BCUT2D eigenvalue weighted by atomic mass is 16.5. The first-order valence-corrected chi connectivity index (χ1v) is 12.5. The number of benzene rings is 2. The third kappa shape index (κ3) is 12.1. The molecule has 2 aromatic carbocycles. The van der Waals surface area contributed by atoms with Crippen molar-refractivity contribution in [3.63, 3.8) is 0 Å². The Morgan fingerprint density at radius 3 is 1.88 bits per heavy atom. The Balaban J connectivity index is 1.51. The number of unbranched alkanes of at least 4 members (excludes halogenated alkanes) is 10. The topological polar surface area (TPSA) is 67.4 Å².